The molecule has 0 bridgehead atoms. The third-order valence-corrected chi connectivity index (χ3v) is 8.69. The summed E-state index contributed by atoms with van der Waals surface area (Å²) < 4.78 is 43.4. The highest BCUT2D eigenvalue weighted by molar-refractivity contribution is 7.91. The van der Waals surface area contributed by atoms with E-state index in [1.165, 1.54) is 24.3 Å². The van der Waals surface area contributed by atoms with Gasteiger partial charge < -0.3 is 9.73 Å². The molecule has 10 heteroatoms. The van der Waals surface area contributed by atoms with E-state index in [1.807, 2.05) is 0 Å². The number of fused-ring (bicyclic) bond motifs is 1. The van der Waals surface area contributed by atoms with Crippen LogP contribution < -0.4 is 5.32 Å². The van der Waals surface area contributed by atoms with E-state index in [0.29, 0.717) is 43.9 Å². The second-order valence-electron chi connectivity index (χ2n) is 8.80. The Morgan fingerprint density at radius 3 is 2.36 bits per heavy atom. The van der Waals surface area contributed by atoms with Crippen LogP contribution in [0.25, 0.3) is 11.1 Å². The van der Waals surface area contributed by atoms with Crippen molar-refractivity contribution in [3.05, 3.63) is 87.5 Å². The van der Waals surface area contributed by atoms with Gasteiger partial charge in [-0.05, 0) is 54.8 Å². The molecule has 1 aliphatic rings. The number of amides is 1. The SMILES string of the molecule is CCS(=O)(=O)c1ccc(CC(=O)Nc2cc(Cl)c(C3(c4nc5ccc(F)cc5o4)CC3)c(Cl)c2)cc1. The van der Waals surface area contributed by atoms with Crippen molar-refractivity contribution in [2.24, 2.45) is 0 Å². The largest absolute Gasteiger partial charge is 0.440 e. The zero-order chi connectivity index (χ0) is 25.7. The van der Waals surface area contributed by atoms with Crippen LogP contribution in [0.5, 0.6) is 0 Å². The van der Waals surface area contributed by atoms with Crippen LogP contribution in [-0.4, -0.2) is 25.1 Å². The molecule has 36 heavy (non-hydrogen) atoms. The molecule has 1 N–H and O–H groups in total. The van der Waals surface area contributed by atoms with Crippen molar-refractivity contribution in [3.8, 4) is 0 Å². The molecule has 1 aliphatic carbocycles. The lowest BCUT2D eigenvalue weighted by atomic mass is 9.95. The predicted octanol–water partition coefficient (Wildman–Crippen LogP) is 6.33. The maximum atomic E-state index is 13.6. The Bertz CT molecular complexity index is 1570. The molecule has 6 nitrogen and oxygen atoms in total. The maximum Gasteiger partial charge on any atom is 0.228 e. The fourth-order valence-corrected chi connectivity index (χ4v) is 6.01. The van der Waals surface area contributed by atoms with E-state index < -0.39 is 21.1 Å². The van der Waals surface area contributed by atoms with Gasteiger partial charge >= 0.3 is 0 Å². The van der Waals surface area contributed by atoms with Crippen LogP contribution in [0.2, 0.25) is 10.0 Å². The van der Waals surface area contributed by atoms with Crippen LogP contribution in [-0.2, 0) is 26.5 Å². The summed E-state index contributed by atoms with van der Waals surface area (Å²) >= 11 is 13.3. The van der Waals surface area contributed by atoms with Crippen molar-refractivity contribution < 1.29 is 22.0 Å². The molecule has 1 amide bonds. The van der Waals surface area contributed by atoms with E-state index in [9.17, 15) is 17.6 Å². The lowest BCUT2D eigenvalue weighted by Gasteiger charge is -2.17. The van der Waals surface area contributed by atoms with Gasteiger partial charge in [0.05, 0.1) is 22.5 Å². The number of hydrogen-bond donors (Lipinski definition) is 1. The smallest absolute Gasteiger partial charge is 0.228 e. The Labute approximate surface area is 217 Å². The average molecular weight is 547 g/mol. The van der Waals surface area contributed by atoms with Crippen molar-refractivity contribution in [2.45, 2.75) is 36.5 Å². The second-order valence-corrected chi connectivity index (χ2v) is 11.9. The molecular formula is C26H21Cl2FN2O4S. The Hall–Kier alpha value is -2.94. The van der Waals surface area contributed by atoms with E-state index in [1.54, 1.807) is 37.3 Å². The number of carbonyl (C=O) groups excluding carboxylic acids is 1. The summed E-state index contributed by atoms with van der Waals surface area (Å²) in [6, 6.07) is 13.7. The van der Waals surface area contributed by atoms with Crippen molar-refractivity contribution in [3.63, 3.8) is 0 Å². The summed E-state index contributed by atoms with van der Waals surface area (Å²) in [5.74, 6) is -0.273. The third-order valence-electron chi connectivity index (χ3n) is 6.34. The van der Waals surface area contributed by atoms with Gasteiger partial charge in [-0.25, -0.2) is 17.8 Å². The van der Waals surface area contributed by atoms with Crippen LogP contribution in [0.1, 0.15) is 36.8 Å². The highest BCUT2D eigenvalue weighted by Gasteiger charge is 2.52. The number of carbonyl (C=O) groups is 1. The molecule has 0 unspecified atom stereocenters. The van der Waals surface area contributed by atoms with Gasteiger partial charge in [0.2, 0.25) is 11.8 Å². The van der Waals surface area contributed by atoms with Gasteiger partial charge in [-0.2, -0.15) is 0 Å². The highest BCUT2D eigenvalue weighted by Crippen LogP contribution is 2.57. The number of anilines is 1. The number of benzene rings is 3. The number of nitrogens with one attached hydrogen (secondary N) is 1. The summed E-state index contributed by atoms with van der Waals surface area (Å²) in [6.45, 7) is 1.58. The molecule has 1 saturated carbocycles. The van der Waals surface area contributed by atoms with E-state index in [-0.39, 0.29) is 23.0 Å². The minimum atomic E-state index is -3.30. The van der Waals surface area contributed by atoms with E-state index in [0.717, 1.165) is 12.8 Å². The van der Waals surface area contributed by atoms with Gasteiger partial charge in [0.1, 0.15) is 11.3 Å². The van der Waals surface area contributed by atoms with Crippen LogP contribution in [0.15, 0.2) is 63.9 Å². The lowest BCUT2D eigenvalue weighted by molar-refractivity contribution is -0.115. The number of nitrogens with zero attached hydrogens (tertiary/aromatic N) is 1. The Balaban J connectivity index is 1.34. The molecule has 0 saturated heterocycles. The van der Waals surface area contributed by atoms with E-state index in [4.69, 9.17) is 27.6 Å². The van der Waals surface area contributed by atoms with Crippen LogP contribution in [0.3, 0.4) is 0 Å². The third kappa shape index (κ3) is 4.61. The zero-order valence-corrected chi connectivity index (χ0v) is 21.5. The quantitative estimate of drug-likeness (QED) is 0.292. The van der Waals surface area contributed by atoms with Gasteiger partial charge in [0, 0.05) is 27.4 Å². The normalized spacial score (nSPS) is 14.7. The number of oxazole rings is 1. The highest BCUT2D eigenvalue weighted by atomic mass is 35.5. The molecule has 1 fully saturated rings. The first-order chi connectivity index (χ1) is 17.1. The molecule has 4 aromatic rings. The monoisotopic (exact) mass is 546 g/mol. The fraction of sp³-hybridized carbons (Fsp3) is 0.231. The molecule has 0 radical (unpaired) electrons. The number of hydrogen-bond acceptors (Lipinski definition) is 5. The molecule has 0 spiro atoms. The van der Waals surface area contributed by atoms with Crippen LogP contribution in [0, 0.1) is 5.82 Å². The molecule has 0 atom stereocenters. The average Bonchev–Trinajstić information content (AvgIpc) is 3.50. The minimum Gasteiger partial charge on any atom is -0.440 e. The number of sulfone groups is 1. The van der Waals surface area contributed by atoms with Gasteiger partial charge in [-0.3, -0.25) is 4.79 Å². The van der Waals surface area contributed by atoms with Crippen molar-refractivity contribution >= 4 is 55.7 Å². The van der Waals surface area contributed by atoms with Gasteiger partial charge in [-0.1, -0.05) is 42.3 Å². The first-order valence-electron chi connectivity index (χ1n) is 11.3. The molecule has 5 rings (SSSR count). The number of rotatable bonds is 7. The van der Waals surface area contributed by atoms with Crippen molar-refractivity contribution in [2.75, 3.05) is 11.1 Å². The van der Waals surface area contributed by atoms with Crippen LogP contribution >= 0.6 is 23.2 Å². The first-order valence-corrected chi connectivity index (χ1v) is 13.7. The summed E-state index contributed by atoms with van der Waals surface area (Å²) in [5.41, 5.74) is 2.05. The first kappa shape index (κ1) is 24.7. The van der Waals surface area contributed by atoms with Gasteiger partial charge in [0.25, 0.3) is 0 Å². The summed E-state index contributed by atoms with van der Waals surface area (Å²) in [7, 11) is -3.30. The molecular weight excluding hydrogens is 526 g/mol. The zero-order valence-electron chi connectivity index (χ0n) is 19.1. The summed E-state index contributed by atoms with van der Waals surface area (Å²) in [6.07, 6.45) is 1.49. The number of halogens is 3. The Kier molecular flexibility index (Phi) is 6.31. The molecule has 186 valence electrons. The molecule has 0 aliphatic heterocycles. The Morgan fingerprint density at radius 2 is 1.75 bits per heavy atom. The van der Waals surface area contributed by atoms with Crippen molar-refractivity contribution in [1.29, 1.82) is 0 Å². The standard InChI is InChI=1S/C26H21Cl2FN2O4S/c1-2-36(33,34)18-6-3-15(4-7-18)11-23(32)30-17-13-19(27)24(20(28)14-17)26(9-10-26)25-31-21-8-5-16(29)12-22(21)35-25/h3-8,12-14H,2,9-11H2,1H3,(H,30,32). The molecule has 3 aromatic carbocycles. The molecule has 1 aromatic heterocycles. The summed E-state index contributed by atoms with van der Waals surface area (Å²) in [4.78, 5) is 17.4. The molecule has 1 heterocycles. The Morgan fingerprint density at radius 1 is 1.08 bits per heavy atom. The van der Waals surface area contributed by atoms with Crippen LogP contribution in [0.4, 0.5) is 10.1 Å². The van der Waals surface area contributed by atoms with E-state index in [2.05, 4.69) is 10.3 Å². The second kappa shape index (κ2) is 9.18. The fourth-order valence-electron chi connectivity index (χ4n) is 4.27. The maximum absolute atomic E-state index is 13.6. The topological polar surface area (TPSA) is 89.3 Å². The van der Waals surface area contributed by atoms with E-state index >= 15 is 0 Å². The predicted molar refractivity (Wildman–Crippen MR) is 137 cm³/mol. The lowest BCUT2D eigenvalue weighted by Crippen LogP contribution is -2.16. The van der Waals surface area contributed by atoms with Crippen molar-refractivity contribution in [1.82, 2.24) is 4.98 Å². The summed E-state index contributed by atoms with van der Waals surface area (Å²) in [5, 5.41) is 3.51. The van der Waals surface area contributed by atoms with Gasteiger partial charge in [-0.15, -0.1) is 0 Å². The minimum absolute atomic E-state index is 0.0105. The van der Waals surface area contributed by atoms with Gasteiger partial charge in [0.15, 0.2) is 15.4 Å². The number of aromatic nitrogens is 1.